The van der Waals surface area contributed by atoms with Gasteiger partial charge in [-0.05, 0) is 53.9 Å². The van der Waals surface area contributed by atoms with E-state index in [-0.39, 0.29) is 11.6 Å². The highest BCUT2D eigenvalue weighted by atomic mass is 19.1. The largest absolute Gasteiger partial charge is 0.454 e. The maximum atomic E-state index is 14.2. The van der Waals surface area contributed by atoms with Crippen LogP contribution in [0.1, 0.15) is 5.56 Å². The van der Waals surface area contributed by atoms with Crippen LogP contribution in [0.2, 0.25) is 0 Å². The molecule has 0 fully saturated rings. The van der Waals surface area contributed by atoms with E-state index in [2.05, 4.69) is 0 Å². The third-order valence-electron chi connectivity index (χ3n) is 3.41. The topological polar surface area (TPSA) is 9.23 Å². The highest BCUT2D eigenvalue weighted by molar-refractivity contribution is 5.65. The van der Waals surface area contributed by atoms with E-state index in [0.717, 1.165) is 0 Å². The predicted molar refractivity (Wildman–Crippen MR) is 83.0 cm³/mol. The van der Waals surface area contributed by atoms with Crippen molar-refractivity contribution in [3.63, 3.8) is 0 Å². The van der Waals surface area contributed by atoms with E-state index in [1.165, 1.54) is 12.1 Å². The van der Waals surface area contributed by atoms with Crippen molar-refractivity contribution in [3.8, 4) is 22.6 Å². The van der Waals surface area contributed by atoms with E-state index >= 15 is 0 Å². The zero-order valence-electron chi connectivity index (χ0n) is 12.0. The van der Waals surface area contributed by atoms with Crippen LogP contribution in [0.3, 0.4) is 0 Å². The first kappa shape index (κ1) is 14.3. The first-order chi connectivity index (χ1) is 10.6. The van der Waals surface area contributed by atoms with Gasteiger partial charge < -0.3 is 4.74 Å². The van der Waals surface area contributed by atoms with Crippen molar-refractivity contribution in [1.82, 2.24) is 0 Å². The Morgan fingerprint density at radius 3 is 2.00 bits per heavy atom. The number of benzene rings is 3. The van der Waals surface area contributed by atoms with Gasteiger partial charge in [0.15, 0.2) is 11.6 Å². The molecule has 110 valence electrons. The van der Waals surface area contributed by atoms with Crippen LogP contribution in [0.15, 0.2) is 66.7 Å². The van der Waals surface area contributed by atoms with Crippen LogP contribution in [0.5, 0.6) is 11.5 Å². The summed E-state index contributed by atoms with van der Waals surface area (Å²) < 4.78 is 33.3. The molecule has 0 aliphatic rings. The quantitative estimate of drug-likeness (QED) is 0.599. The minimum atomic E-state index is -0.484. The van der Waals surface area contributed by atoms with Gasteiger partial charge in [0.2, 0.25) is 0 Å². The predicted octanol–water partition coefficient (Wildman–Crippen LogP) is 5.73. The van der Waals surface area contributed by atoms with Gasteiger partial charge in [0.05, 0.1) is 0 Å². The molecule has 0 spiro atoms. The Hall–Kier alpha value is -2.68. The van der Waals surface area contributed by atoms with Crippen LogP contribution in [0.4, 0.5) is 8.78 Å². The van der Waals surface area contributed by atoms with Crippen LogP contribution < -0.4 is 4.74 Å². The summed E-state index contributed by atoms with van der Waals surface area (Å²) in [6.07, 6.45) is 0. The molecule has 3 aromatic carbocycles. The van der Waals surface area contributed by atoms with Crippen molar-refractivity contribution in [3.05, 3.63) is 83.9 Å². The minimum Gasteiger partial charge on any atom is -0.454 e. The summed E-state index contributed by atoms with van der Waals surface area (Å²) in [5.74, 6) is -0.0806. The van der Waals surface area contributed by atoms with E-state index in [0.29, 0.717) is 22.4 Å². The minimum absolute atomic E-state index is 0.141. The highest BCUT2D eigenvalue weighted by Gasteiger charge is 2.08. The average molecular weight is 296 g/mol. The third-order valence-corrected chi connectivity index (χ3v) is 3.41. The van der Waals surface area contributed by atoms with E-state index in [4.69, 9.17) is 4.74 Å². The lowest BCUT2D eigenvalue weighted by molar-refractivity contribution is 0.442. The molecule has 0 saturated heterocycles. The van der Waals surface area contributed by atoms with Gasteiger partial charge in [-0.3, -0.25) is 0 Å². The molecule has 0 unspecified atom stereocenters. The van der Waals surface area contributed by atoms with Gasteiger partial charge in [0, 0.05) is 0 Å². The smallest absolute Gasteiger partial charge is 0.166 e. The average Bonchev–Trinajstić information content (AvgIpc) is 2.53. The van der Waals surface area contributed by atoms with Gasteiger partial charge >= 0.3 is 0 Å². The summed E-state index contributed by atoms with van der Waals surface area (Å²) >= 11 is 0. The molecule has 0 atom stereocenters. The molecular weight excluding hydrogens is 282 g/mol. The second-order valence-electron chi connectivity index (χ2n) is 5.02. The lowest BCUT2D eigenvalue weighted by atomic mass is 10.0. The van der Waals surface area contributed by atoms with Crippen LogP contribution >= 0.6 is 0 Å². The number of halogens is 2. The number of hydrogen-bond acceptors (Lipinski definition) is 1. The van der Waals surface area contributed by atoms with Crippen LogP contribution in [-0.2, 0) is 0 Å². The number of para-hydroxylation sites is 1. The summed E-state index contributed by atoms with van der Waals surface area (Å²) in [5, 5.41) is 0. The number of hydrogen-bond donors (Lipinski definition) is 0. The van der Waals surface area contributed by atoms with Crippen molar-refractivity contribution in [2.45, 2.75) is 6.92 Å². The Kier molecular flexibility index (Phi) is 3.88. The highest BCUT2D eigenvalue weighted by Crippen LogP contribution is 2.29. The maximum Gasteiger partial charge on any atom is 0.166 e. The summed E-state index contributed by atoms with van der Waals surface area (Å²) in [4.78, 5) is 0. The standard InChI is InChI=1S/C19H14F2O/c1-13-7-8-14(11-17(13)20)15-9-10-19(18(21)12-15)22-16-5-3-2-4-6-16/h2-12H,1H3. The summed E-state index contributed by atoms with van der Waals surface area (Å²) in [7, 11) is 0. The van der Waals surface area contributed by atoms with Gasteiger partial charge in [0.1, 0.15) is 11.6 Å². The molecule has 3 aromatic rings. The molecule has 0 bridgehead atoms. The molecule has 22 heavy (non-hydrogen) atoms. The molecule has 3 heteroatoms. The van der Waals surface area contributed by atoms with Gasteiger partial charge in [-0.2, -0.15) is 0 Å². The Balaban J connectivity index is 1.90. The van der Waals surface area contributed by atoms with Crippen molar-refractivity contribution in [2.75, 3.05) is 0 Å². The second-order valence-corrected chi connectivity index (χ2v) is 5.02. The Labute approximate surface area is 127 Å². The molecule has 0 heterocycles. The fourth-order valence-electron chi connectivity index (χ4n) is 2.15. The van der Waals surface area contributed by atoms with Crippen molar-refractivity contribution in [1.29, 1.82) is 0 Å². The zero-order valence-corrected chi connectivity index (χ0v) is 12.0. The van der Waals surface area contributed by atoms with E-state index < -0.39 is 5.82 Å². The van der Waals surface area contributed by atoms with Gasteiger partial charge in [0.25, 0.3) is 0 Å². The number of ether oxygens (including phenoxy) is 1. The lowest BCUT2D eigenvalue weighted by Gasteiger charge is -2.09. The number of rotatable bonds is 3. The monoisotopic (exact) mass is 296 g/mol. The molecule has 0 aliphatic carbocycles. The second kappa shape index (κ2) is 5.98. The fraction of sp³-hybridized carbons (Fsp3) is 0.0526. The zero-order chi connectivity index (χ0) is 15.5. The van der Waals surface area contributed by atoms with E-state index in [1.807, 2.05) is 18.2 Å². The van der Waals surface area contributed by atoms with E-state index in [1.54, 1.807) is 43.3 Å². The molecule has 0 N–H and O–H groups in total. The van der Waals surface area contributed by atoms with E-state index in [9.17, 15) is 8.78 Å². The molecule has 3 rings (SSSR count). The Bertz CT molecular complexity index is 798. The summed E-state index contributed by atoms with van der Waals surface area (Å²) in [6, 6.07) is 18.5. The molecule has 0 aliphatic heterocycles. The van der Waals surface area contributed by atoms with Crippen LogP contribution in [0, 0.1) is 18.6 Å². The molecule has 0 amide bonds. The maximum absolute atomic E-state index is 14.2. The fourth-order valence-corrected chi connectivity index (χ4v) is 2.15. The lowest BCUT2D eigenvalue weighted by Crippen LogP contribution is -1.90. The molecule has 1 nitrogen and oxygen atoms in total. The molecule has 0 radical (unpaired) electrons. The van der Waals surface area contributed by atoms with Crippen LogP contribution in [0.25, 0.3) is 11.1 Å². The van der Waals surface area contributed by atoms with Gasteiger partial charge in [-0.1, -0.05) is 36.4 Å². The Morgan fingerprint density at radius 2 is 1.36 bits per heavy atom. The van der Waals surface area contributed by atoms with Crippen molar-refractivity contribution >= 4 is 0 Å². The number of aryl methyl sites for hydroxylation is 1. The van der Waals surface area contributed by atoms with Crippen molar-refractivity contribution in [2.24, 2.45) is 0 Å². The SMILES string of the molecule is Cc1ccc(-c2ccc(Oc3ccccc3)c(F)c2)cc1F. The van der Waals surface area contributed by atoms with Gasteiger partial charge in [-0.25, -0.2) is 8.78 Å². The summed E-state index contributed by atoms with van der Waals surface area (Å²) in [5.41, 5.74) is 1.80. The normalized spacial score (nSPS) is 10.5. The Morgan fingerprint density at radius 1 is 0.727 bits per heavy atom. The molecular formula is C19H14F2O. The molecule has 0 aromatic heterocycles. The molecule has 0 saturated carbocycles. The van der Waals surface area contributed by atoms with Crippen molar-refractivity contribution < 1.29 is 13.5 Å². The van der Waals surface area contributed by atoms with Crippen LogP contribution in [-0.4, -0.2) is 0 Å². The first-order valence-electron chi connectivity index (χ1n) is 6.92. The third kappa shape index (κ3) is 2.98. The van der Waals surface area contributed by atoms with Gasteiger partial charge in [-0.15, -0.1) is 0 Å². The summed E-state index contributed by atoms with van der Waals surface area (Å²) in [6.45, 7) is 1.69. The first-order valence-corrected chi connectivity index (χ1v) is 6.92.